The summed E-state index contributed by atoms with van der Waals surface area (Å²) in [5, 5.41) is 9.57. The zero-order valence-corrected chi connectivity index (χ0v) is 7.32. The second kappa shape index (κ2) is 3.37. The minimum absolute atomic E-state index is 0.504. The van der Waals surface area contributed by atoms with Crippen molar-refractivity contribution >= 4 is 24.7 Å². The van der Waals surface area contributed by atoms with Gasteiger partial charge in [-0.25, -0.2) is 0 Å². The van der Waals surface area contributed by atoms with Crippen LogP contribution >= 0.6 is 11.6 Å². The van der Waals surface area contributed by atoms with Crippen molar-refractivity contribution in [2.45, 2.75) is 0 Å². The van der Waals surface area contributed by atoms with E-state index >= 15 is 0 Å². The molecule has 0 saturated heterocycles. The average Bonchev–Trinajstić information content (AvgIpc) is 2.53. The summed E-state index contributed by atoms with van der Waals surface area (Å²) in [6.45, 7) is 0. The molecule has 0 spiro atoms. The molecule has 1 aliphatic heterocycles. The Labute approximate surface area is 80.3 Å². The first-order chi connectivity index (χ1) is 6.25. The largest absolute Gasteiger partial charge is 0.633 e. The molecule has 2 N–H and O–H groups in total. The standard InChI is InChI=1S/C7H6BClN2O2/c9-6-3-1-5(2-4-6)7-10-8(12)13-11-7/h1-4,12H,(H,10,11). The fourth-order valence-electron chi connectivity index (χ4n) is 1.01. The predicted octanol–water partition coefficient (Wildman–Crippen LogP) is 0.599. The summed E-state index contributed by atoms with van der Waals surface area (Å²) < 4.78 is 4.62. The van der Waals surface area contributed by atoms with Crippen molar-refractivity contribution in [2.24, 2.45) is 4.90 Å². The Bertz CT molecular complexity index is 341. The Morgan fingerprint density at radius 3 is 2.62 bits per heavy atom. The highest BCUT2D eigenvalue weighted by atomic mass is 35.5. The van der Waals surface area contributed by atoms with Gasteiger partial charge in [-0.05, 0) is 24.3 Å². The number of nitrogens with one attached hydrogen (secondary N) is 1. The van der Waals surface area contributed by atoms with Gasteiger partial charge in [-0.3, -0.25) is 15.1 Å². The molecule has 6 heteroatoms. The summed E-state index contributed by atoms with van der Waals surface area (Å²) >= 11 is 5.71. The van der Waals surface area contributed by atoms with Crippen molar-refractivity contribution in [3.63, 3.8) is 0 Å². The monoisotopic (exact) mass is 196 g/mol. The lowest BCUT2D eigenvalue weighted by molar-refractivity contribution is 0.229. The van der Waals surface area contributed by atoms with E-state index in [2.05, 4.69) is 15.1 Å². The van der Waals surface area contributed by atoms with Crippen molar-refractivity contribution in [3.05, 3.63) is 34.9 Å². The molecule has 1 aromatic rings. The lowest BCUT2D eigenvalue weighted by atomic mass is 10.1. The van der Waals surface area contributed by atoms with E-state index in [1.807, 2.05) is 0 Å². The third-order valence-corrected chi connectivity index (χ3v) is 1.87. The van der Waals surface area contributed by atoms with Crippen molar-refractivity contribution < 1.29 is 9.78 Å². The van der Waals surface area contributed by atoms with Gasteiger partial charge in [0.05, 0.1) is 0 Å². The molecule has 0 amide bonds. The first-order valence-electron chi connectivity index (χ1n) is 3.69. The van der Waals surface area contributed by atoms with Crippen LogP contribution in [0.3, 0.4) is 0 Å². The van der Waals surface area contributed by atoms with E-state index in [0.29, 0.717) is 10.9 Å². The van der Waals surface area contributed by atoms with Crippen LogP contribution in [0.5, 0.6) is 0 Å². The third-order valence-electron chi connectivity index (χ3n) is 1.62. The van der Waals surface area contributed by atoms with Crippen LogP contribution < -0.4 is 5.48 Å². The van der Waals surface area contributed by atoms with E-state index in [1.165, 1.54) is 0 Å². The van der Waals surface area contributed by atoms with Gasteiger partial charge in [-0.2, -0.15) is 0 Å². The first-order valence-corrected chi connectivity index (χ1v) is 4.07. The molecule has 1 aliphatic rings. The summed E-state index contributed by atoms with van der Waals surface area (Å²) in [5.41, 5.74) is 3.32. The maximum Gasteiger partial charge on any atom is 0.633 e. The lowest BCUT2D eigenvalue weighted by Crippen LogP contribution is -2.20. The molecule has 0 fully saturated rings. The zero-order valence-electron chi connectivity index (χ0n) is 6.57. The zero-order chi connectivity index (χ0) is 9.26. The molecule has 1 heterocycles. The Hall–Kier alpha value is -1.04. The van der Waals surface area contributed by atoms with E-state index < -0.39 is 7.25 Å². The van der Waals surface area contributed by atoms with Crippen LogP contribution in [0.2, 0.25) is 5.02 Å². The fourth-order valence-corrected chi connectivity index (χ4v) is 1.14. The lowest BCUT2D eigenvalue weighted by Gasteiger charge is -2.00. The number of rotatable bonds is 1. The van der Waals surface area contributed by atoms with Crippen molar-refractivity contribution in [2.75, 3.05) is 0 Å². The second-order valence-electron chi connectivity index (χ2n) is 2.53. The van der Waals surface area contributed by atoms with Crippen LogP contribution in [-0.4, -0.2) is 18.1 Å². The molecule has 4 nitrogen and oxygen atoms in total. The summed E-state index contributed by atoms with van der Waals surface area (Å²) in [4.78, 5) is 3.78. The third kappa shape index (κ3) is 1.83. The highest BCUT2D eigenvalue weighted by Crippen LogP contribution is 2.11. The Balaban J connectivity index is 2.26. The highest BCUT2D eigenvalue weighted by molar-refractivity contribution is 6.45. The number of hydrogen-bond acceptors (Lipinski definition) is 4. The van der Waals surface area contributed by atoms with Gasteiger partial charge in [0.15, 0.2) is 0 Å². The molecule has 0 atom stereocenters. The van der Waals surface area contributed by atoms with Gasteiger partial charge in [0.1, 0.15) is 5.84 Å². The first kappa shape index (κ1) is 8.56. The van der Waals surface area contributed by atoms with Gasteiger partial charge in [-0.15, -0.1) is 0 Å². The molecule has 1 aromatic carbocycles. The summed E-state index contributed by atoms with van der Waals surface area (Å²) in [6.07, 6.45) is 0. The number of hydrogen-bond donors (Lipinski definition) is 2. The van der Waals surface area contributed by atoms with Gasteiger partial charge < -0.3 is 5.02 Å². The van der Waals surface area contributed by atoms with E-state index in [-0.39, 0.29) is 0 Å². The Morgan fingerprint density at radius 1 is 1.38 bits per heavy atom. The van der Waals surface area contributed by atoms with Crippen LogP contribution in [-0.2, 0) is 4.76 Å². The van der Waals surface area contributed by atoms with Crippen molar-refractivity contribution in [3.8, 4) is 0 Å². The summed E-state index contributed by atoms with van der Waals surface area (Å²) in [5.74, 6) is 0.504. The normalized spacial score (nSPS) is 15.5. The highest BCUT2D eigenvalue weighted by Gasteiger charge is 2.22. The molecule has 0 bridgehead atoms. The average molecular weight is 196 g/mol. The molecular weight excluding hydrogens is 190 g/mol. The molecule has 0 aromatic heterocycles. The number of amidine groups is 1. The van der Waals surface area contributed by atoms with Crippen molar-refractivity contribution in [1.29, 1.82) is 0 Å². The van der Waals surface area contributed by atoms with Gasteiger partial charge in [0, 0.05) is 10.6 Å². The Morgan fingerprint density at radius 2 is 2.08 bits per heavy atom. The topological polar surface area (TPSA) is 53.9 Å². The van der Waals surface area contributed by atoms with Crippen LogP contribution in [0, 0.1) is 0 Å². The molecule has 0 radical (unpaired) electrons. The van der Waals surface area contributed by atoms with E-state index in [9.17, 15) is 0 Å². The minimum atomic E-state index is -1.12. The van der Waals surface area contributed by atoms with Gasteiger partial charge in [-0.1, -0.05) is 11.6 Å². The smallest absolute Gasteiger partial charge is 0.405 e. The number of nitrogens with zero attached hydrogens (tertiary/aromatic N) is 1. The molecule has 0 unspecified atom stereocenters. The van der Waals surface area contributed by atoms with Gasteiger partial charge in [0.2, 0.25) is 0 Å². The molecule has 13 heavy (non-hydrogen) atoms. The molecule has 0 aliphatic carbocycles. The van der Waals surface area contributed by atoms with E-state index in [1.54, 1.807) is 24.3 Å². The van der Waals surface area contributed by atoms with Crippen LogP contribution in [0.25, 0.3) is 0 Å². The maximum absolute atomic E-state index is 8.92. The van der Waals surface area contributed by atoms with E-state index in [0.717, 1.165) is 5.56 Å². The predicted molar refractivity (Wildman–Crippen MR) is 50.2 cm³/mol. The van der Waals surface area contributed by atoms with Crippen molar-refractivity contribution in [1.82, 2.24) is 5.48 Å². The molecule has 2 rings (SSSR count). The van der Waals surface area contributed by atoms with Crippen LogP contribution in [0.4, 0.5) is 0 Å². The summed E-state index contributed by atoms with van der Waals surface area (Å²) in [6, 6.07) is 7.06. The molecule has 0 saturated carbocycles. The van der Waals surface area contributed by atoms with Crippen LogP contribution in [0.1, 0.15) is 5.56 Å². The number of halogens is 1. The quantitative estimate of drug-likeness (QED) is 0.647. The Kier molecular flexibility index (Phi) is 2.22. The molecular formula is C7H6BClN2O2. The maximum atomic E-state index is 8.92. The molecule has 66 valence electrons. The fraction of sp³-hybridized carbons (Fsp3) is 0. The van der Waals surface area contributed by atoms with Gasteiger partial charge in [0.25, 0.3) is 0 Å². The second-order valence-corrected chi connectivity index (χ2v) is 2.97. The number of benzene rings is 1. The van der Waals surface area contributed by atoms with Crippen LogP contribution in [0.15, 0.2) is 29.2 Å². The minimum Gasteiger partial charge on any atom is -0.405 e. The summed E-state index contributed by atoms with van der Waals surface area (Å²) in [7, 11) is -1.12. The SMILES string of the molecule is OB1N=C(c2ccc(Cl)cc2)NO1. The number of hydroxylamine groups is 1. The van der Waals surface area contributed by atoms with E-state index in [4.69, 9.17) is 16.6 Å². The van der Waals surface area contributed by atoms with Gasteiger partial charge >= 0.3 is 7.25 Å².